The average Bonchev–Trinajstić information content (AvgIpc) is 2.03. The number of benzene rings is 11. The molecule has 83 heavy (non-hydrogen) atoms. The maximum Gasteiger partial charge on any atom is 0.252 e. The molecule has 0 unspecified atom stereocenters. The molecule has 0 radical (unpaired) electrons. The molecule has 6 heteroatoms. The van der Waals surface area contributed by atoms with E-state index in [1.54, 1.807) is 0 Å². The van der Waals surface area contributed by atoms with Gasteiger partial charge < -0.3 is 9.13 Å². The van der Waals surface area contributed by atoms with Crippen LogP contribution in [-0.2, 0) is 10.8 Å². The number of aromatic nitrogens is 5. The van der Waals surface area contributed by atoms with Crippen molar-refractivity contribution >= 4 is 66.7 Å². The van der Waals surface area contributed by atoms with Crippen LogP contribution in [0.5, 0.6) is 0 Å². The lowest BCUT2D eigenvalue weighted by molar-refractivity contribution is 0.596. The molecule has 394 valence electrons. The molecule has 16 rings (SSSR count). The summed E-state index contributed by atoms with van der Waals surface area (Å²) in [6.07, 6.45) is 0. The van der Waals surface area contributed by atoms with E-state index in [9.17, 15) is 0 Å². The third-order valence-corrected chi connectivity index (χ3v) is 17.6. The lowest BCUT2D eigenvalue weighted by atomic mass is 9.34. The minimum atomic E-state index is -0.200. The molecule has 0 aliphatic carbocycles. The number of fused-ring (bicyclic) bond motifs is 10. The Morgan fingerprint density at radius 2 is 0.627 bits per heavy atom. The van der Waals surface area contributed by atoms with Crippen LogP contribution >= 0.6 is 0 Å². The van der Waals surface area contributed by atoms with Crippen LogP contribution < -0.4 is 16.4 Å². The molecule has 11 aromatic carbocycles. The second-order valence-electron chi connectivity index (χ2n) is 24.7. The van der Waals surface area contributed by atoms with Crippen LogP contribution in [0.25, 0.3) is 134 Å². The zero-order valence-electron chi connectivity index (χ0n) is 47.4. The summed E-state index contributed by atoms with van der Waals surface area (Å²) in [6.45, 7) is 14.1. The summed E-state index contributed by atoms with van der Waals surface area (Å²) in [7, 11) is 0. The van der Waals surface area contributed by atoms with Crippen molar-refractivity contribution in [2.75, 3.05) is 0 Å². The fraction of sp³-hybridized carbons (Fsp3) is 0.104. The second kappa shape index (κ2) is 18.3. The van der Waals surface area contributed by atoms with Gasteiger partial charge >= 0.3 is 0 Å². The van der Waals surface area contributed by atoms with Crippen molar-refractivity contribution in [2.24, 2.45) is 0 Å². The zero-order valence-corrected chi connectivity index (χ0v) is 47.4. The Bertz CT molecular complexity index is 4630. The molecule has 0 bridgehead atoms. The highest BCUT2D eigenvalue weighted by molar-refractivity contribution is 7.00. The molecule has 0 spiro atoms. The average molecular weight is 1060 g/mol. The minimum absolute atomic E-state index is 0.128. The molecule has 0 amide bonds. The summed E-state index contributed by atoms with van der Waals surface area (Å²) in [5.74, 6) is 1.87. The first-order chi connectivity index (χ1) is 40.5. The van der Waals surface area contributed by atoms with E-state index in [-0.39, 0.29) is 17.5 Å². The summed E-state index contributed by atoms with van der Waals surface area (Å²) < 4.78 is 5.29. The third-order valence-electron chi connectivity index (χ3n) is 17.6. The molecule has 0 atom stereocenters. The summed E-state index contributed by atoms with van der Waals surface area (Å²) >= 11 is 0. The monoisotopic (exact) mass is 1060 g/mol. The second-order valence-corrected chi connectivity index (χ2v) is 24.7. The smallest absolute Gasteiger partial charge is 0.252 e. The van der Waals surface area contributed by atoms with E-state index in [1.165, 1.54) is 105 Å². The molecule has 0 saturated heterocycles. The highest BCUT2D eigenvalue weighted by Gasteiger charge is 2.44. The summed E-state index contributed by atoms with van der Waals surface area (Å²) in [5.41, 5.74) is 25.4. The number of hydrogen-bond donors (Lipinski definition) is 0. The molecule has 0 fully saturated rings. The Kier molecular flexibility index (Phi) is 10.8. The van der Waals surface area contributed by atoms with Crippen LogP contribution in [0.4, 0.5) is 0 Å². The number of nitrogens with zero attached hydrogens (tertiary/aromatic N) is 5. The standard InChI is InChI=1S/C77H58BN5/c1-76(2,3)58-37-39-60-71-68(58)66-56(49-29-17-9-18-30-49)41-53(47-25-13-7-14-26-47)43-62(66)82(71)64-45-55(75-80-73(51-33-21-11-22-34-51)79-74(81-75)52-35-23-12-24-36-52)46-65-70(64)78(60)61-40-38-59(77(4,5)6)69-67-57(50-31-19-10-20-32-50)42-54(48-27-15-8-16-28-48)44-63(67)83(65)72(61)69/h7-46H,1-6H3. The molecule has 3 aromatic heterocycles. The predicted molar refractivity (Wildman–Crippen MR) is 349 cm³/mol. The van der Waals surface area contributed by atoms with Crippen molar-refractivity contribution < 1.29 is 0 Å². The van der Waals surface area contributed by atoms with Gasteiger partial charge in [-0.3, -0.25) is 0 Å². The van der Waals surface area contributed by atoms with E-state index in [4.69, 9.17) is 15.0 Å². The lowest BCUT2D eigenvalue weighted by Gasteiger charge is -2.35. The van der Waals surface area contributed by atoms with Gasteiger partial charge in [0.25, 0.3) is 6.71 Å². The summed E-state index contributed by atoms with van der Waals surface area (Å²) in [5, 5.41) is 5.11. The Morgan fingerprint density at radius 3 is 0.976 bits per heavy atom. The summed E-state index contributed by atoms with van der Waals surface area (Å²) in [4.78, 5) is 16.3. The van der Waals surface area contributed by atoms with Gasteiger partial charge in [0.1, 0.15) is 0 Å². The molecule has 0 saturated carbocycles. The van der Waals surface area contributed by atoms with Gasteiger partial charge in [0.15, 0.2) is 17.5 Å². The Balaban J connectivity index is 1.13. The highest BCUT2D eigenvalue weighted by Crippen LogP contribution is 2.50. The van der Waals surface area contributed by atoms with Crippen molar-refractivity contribution in [1.82, 2.24) is 24.1 Å². The summed E-state index contributed by atoms with van der Waals surface area (Å²) in [6, 6.07) is 89.1. The van der Waals surface area contributed by atoms with Crippen molar-refractivity contribution in [1.29, 1.82) is 0 Å². The molecule has 2 aliphatic rings. The quantitative estimate of drug-likeness (QED) is 0.149. The van der Waals surface area contributed by atoms with Gasteiger partial charge in [0, 0.05) is 60.6 Å². The van der Waals surface area contributed by atoms with Gasteiger partial charge in [0.2, 0.25) is 0 Å². The van der Waals surface area contributed by atoms with E-state index < -0.39 is 0 Å². The largest absolute Gasteiger partial charge is 0.310 e. The van der Waals surface area contributed by atoms with E-state index in [0.29, 0.717) is 17.5 Å². The van der Waals surface area contributed by atoms with E-state index in [0.717, 1.165) is 39.1 Å². The van der Waals surface area contributed by atoms with Crippen LogP contribution in [0.1, 0.15) is 52.7 Å². The van der Waals surface area contributed by atoms with Crippen molar-refractivity contribution in [3.8, 4) is 90.0 Å². The first-order valence-corrected chi connectivity index (χ1v) is 29.0. The Hall–Kier alpha value is -9.91. The van der Waals surface area contributed by atoms with Crippen LogP contribution in [0, 0.1) is 0 Å². The van der Waals surface area contributed by atoms with Crippen molar-refractivity contribution in [3.05, 3.63) is 254 Å². The van der Waals surface area contributed by atoms with Gasteiger partial charge in [0.05, 0.1) is 11.0 Å². The number of hydrogen-bond acceptors (Lipinski definition) is 3. The maximum absolute atomic E-state index is 5.51. The van der Waals surface area contributed by atoms with Gasteiger partial charge in [-0.05, 0) is 119 Å². The molecular formula is C77H58BN5. The van der Waals surface area contributed by atoms with E-state index in [2.05, 4.69) is 281 Å². The molecular weight excluding hydrogens is 1010 g/mol. The van der Waals surface area contributed by atoms with Gasteiger partial charge in [-0.15, -0.1) is 0 Å². The van der Waals surface area contributed by atoms with Crippen LogP contribution in [0.2, 0.25) is 0 Å². The van der Waals surface area contributed by atoms with Crippen molar-refractivity contribution in [3.63, 3.8) is 0 Å². The SMILES string of the molecule is CC(C)(C)c1ccc2c3c1c1c(-c4ccccc4)cc(-c4ccccc4)cc1n3-c1cc(-c3nc(-c4ccccc4)nc(-c4ccccc4)n3)cc3c1B2c1ccc(C(C)(C)C)c2c4c(-c5ccccc5)cc(-c5ccccc5)cc4n-3c12. The maximum atomic E-state index is 5.51. The highest BCUT2D eigenvalue weighted by atomic mass is 15.1. The van der Waals surface area contributed by atoms with Crippen LogP contribution in [0.3, 0.4) is 0 Å². The molecule has 14 aromatic rings. The van der Waals surface area contributed by atoms with E-state index >= 15 is 0 Å². The predicted octanol–water partition coefficient (Wildman–Crippen LogP) is 17.5. The van der Waals surface area contributed by atoms with Crippen LogP contribution in [-0.4, -0.2) is 30.8 Å². The van der Waals surface area contributed by atoms with Gasteiger partial charge in [-0.2, -0.15) is 0 Å². The molecule has 5 nitrogen and oxygen atoms in total. The minimum Gasteiger partial charge on any atom is -0.310 e. The normalized spacial score (nSPS) is 12.7. The molecule has 0 N–H and O–H groups in total. The van der Waals surface area contributed by atoms with E-state index in [1.807, 2.05) is 12.1 Å². The van der Waals surface area contributed by atoms with Crippen molar-refractivity contribution in [2.45, 2.75) is 52.4 Å². The lowest BCUT2D eigenvalue weighted by Crippen LogP contribution is -2.59. The van der Waals surface area contributed by atoms with Gasteiger partial charge in [-0.25, -0.2) is 15.0 Å². The fourth-order valence-electron chi connectivity index (χ4n) is 13.9. The first-order valence-electron chi connectivity index (χ1n) is 29.0. The van der Waals surface area contributed by atoms with Gasteiger partial charge in [-0.1, -0.05) is 248 Å². The van der Waals surface area contributed by atoms with Crippen LogP contribution in [0.15, 0.2) is 243 Å². The Morgan fingerprint density at radius 1 is 0.301 bits per heavy atom. The Labute approximate surface area is 484 Å². The number of rotatable bonds is 7. The third kappa shape index (κ3) is 7.59. The molecule has 5 heterocycles. The molecule has 2 aliphatic heterocycles. The first kappa shape index (κ1) is 49.0. The fourth-order valence-corrected chi connectivity index (χ4v) is 13.9. The topological polar surface area (TPSA) is 48.5 Å². The zero-order chi connectivity index (χ0) is 55.9.